The van der Waals surface area contributed by atoms with Crippen LogP contribution in [-0.4, -0.2) is 58.2 Å². The number of halogens is 1. The third kappa shape index (κ3) is 7.56. The summed E-state index contributed by atoms with van der Waals surface area (Å²) >= 11 is 0. The Morgan fingerprint density at radius 2 is 1.90 bits per heavy atom. The van der Waals surface area contributed by atoms with Crippen LogP contribution in [0.1, 0.15) is 37.7 Å². The summed E-state index contributed by atoms with van der Waals surface area (Å²) in [5, 5.41) is 2.15. The predicted molar refractivity (Wildman–Crippen MR) is 107 cm³/mol. The number of rotatable bonds is 12. The third-order valence-corrected chi connectivity index (χ3v) is 6.30. The van der Waals surface area contributed by atoms with E-state index in [0.29, 0.717) is 6.54 Å². The van der Waals surface area contributed by atoms with Crippen molar-refractivity contribution in [3.05, 3.63) is 35.6 Å². The Kier molecular flexibility index (Phi) is 9.24. The van der Waals surface area contributed by atoms with Crippen LogP contribution in [0, 0.1) is 5.82 Å². The Labute approximate surface area is 172 Å². The first kappa shape index (κ1) is 23.0. The van der Waals surface area contributed by atoms with E-state index in [1.165, 1.54) is 24.1 Å². The normalized spacial score (nSPS) is 16.8. The van der Waals surface area contributed by atoms with Crippen LogP contribution in [-0.2, 0) is 36.3 Å². The average molecular weight is 427 g/mol. The van der Waals surface area contributed by atoms with Crippen LogP contribution >= 0.6 is 0 Å². The molecule has 0 aromatic heterocycles. The monoisotopic (exact) mass is 426 g/mol. The highest BCUT2D eigenvalue weighted by Gasteiger charge is 2.41. The molecule has 2 amide bonds. The van der Waals surface area contributed by atoms with Crippen LogP contribution < -0.4 is 5.32 Å². The Hall–Kier alpha value is -2.29. The smallest absolute Gasteiger partial charge is 0.318 e. The van der Waals surface area contributed by atoms with Crippen LogP contribution in [0.25, 0.3) is 0 Å². The number of nitrogens with zero attached hydrogens (tertiary/aromatic N) is 1. The van der Waals surface area contributed by atoms with Gasteiger partial charge in [0.15, 0.2) is 0 Å². The van der Waals surface area contributed by atoms with Gasteiger partial charge in [-0.1, -0.05) is 25.0 Å². The van der Waals surface area contributed by atoms with Gasteiger partial charge in [0.25, 0.3) is 0 Å². The van der Waals surface area contributed by atoms with E-state index in [0.717, 1.165) is 37.7 Å². The van der Waals surface area contributed by atoms with Gasteiger partial charge in [0, 0.05) is 6.54 Å². The van der Waals surface area contributed by atoms with Crippen molar-refractivity contribution in [2.45, 2.75) is 43.9 Å². The van der Waals surface area contributed by atoms with Gasteiger partial charge in [-0.3, -0.25) is 18.6 Å². The van der Waals surface area contributed by atoms with Crippen molar-refractivity contribution in [1.29, 1.82) is 0 Å². The fraction of sp³-hybridized carbons (Fsp3) is 0.550. The van der Waals surface area contributed by atoms with Gasteiger partial charge in [-0.05, 0) is 37.0 Å². The van der Waals surface area contributed by atoms with Crippen LogP contribution in [0.15, 0.2) is 24.3 Å². The number of β-lactam (4-membered cyclic amide) rings is 1. The number of unbranched alkanes of at least 4 members (excludes halogenated alkanes) is 3. The molecule has 0 bridgehead atoms. The molecule has 2 rings (SSSR count). The maximum absolute atomic E-state index is 12.8. The quantitative estimate of drug-likeness (QED) is 0.311. The molecule has 1 N–H and O–H groups in total. The number of methoxy groups -OCH3 is 1. The van der Waals surface area contributed by atoms with Gasteiger partial charge in [0.05, 0.1) is 24.3 Å². The highest BCUT2D eigenvalue weighted by molar-refractivity contribution is 7.86. The van der Waals surface area contributed by atoms with Crippen LogP contribution in [0.2, 0.25) is 0 Å². The molecule has 0 radical (unpaired) electrons. The fourth-order valence-corrected chi connectivity index (χ4v) is 4.37. The van der Waals surface area contributed by atoms with Gasteiger partial charge in [0.2, 0.25) is 11.8 Å². The van der Waals surface area contributed by atoms with Crippen molar-refractivity contribution >= 4 is 28.6 Å². The second-order valence-corrected chi connectivity index (χ2v) is 8.52. The fourth-order valence-electron chi connectivity index (χ4n) is 3.02. The molecule has 9 heteroatoms. The van der Waals surface area contributed by atoms with Gasteiger partial charge >= 0.3 is 5.97 Å². The summed E-state index contributed by atoms with van der Waals surface area (Å²) in [6.45, 7) is 0.355. The molecule has 1 aromatic rings. The molecule has 1 fully saturated rings. The first-order chi connectivity index (χ1) is 13.9. The first-order valence-corrected chi connectivity index (χ1v) is 11.0. The van der Waals surface area contributed by atoms with Crippen LogP contribution in [0.5, 0.6) is 0 Å². The molecule has 7 nitrogen and oxygen atoms in total. The zero-order chi connectivity index (χ0) is 21.2. The van der Waals surface area contributed by atoms with Gasteiger partial charge in [-0.15, -0.1) is 0 Å². The van der Waals surface area contributed by atoms with E-state index in [-0.39, 0.29) is 36.4 Å². The lowest BCUT2D eigenvalue weighted by Crippen LogP contribution is -2.58. The number of hydrogen-bond donors (Lipinski definition) is 1. The molecule has 1 saturated heterocycles. The molecule has 29 heavy (non-hydrogen) atoms. The molecule has 2 unspecified atom stereocenters. The number of ether oxygens (including phenoxy) is 1. The number of amides is 2. The second kappa shape index (κ2) is 11.6. The van der Waals surface area contributed by atoms with E-state index in [9.17, 15) is 23.0 Å². The van der Waals surface area contributed by atoms with Crippen LogP contribution in [0.3, 0.4) is 0 Å². The van der Waals surface area contributed by atoms with E-state index in [4.69, 9.17) is 0 Å². The maximum Gasteiger partial charge on any atom is 0.318 e. The average Bonchev–Trinajstić information content (AvgIpc) is 2.70. The molecule has 1 aromatic carbocycles. The van der Waals surface area contributed by atoms with Crippen molar-refractivity contribution in [3.63, 3.8) is 0 Å². The zero-order valence-electron chi connectivity index (χ0n) is 16.5. The minimum Gasteiger partial charge on any atom is -0.468 e. The lowest BCUT2D eigenvalue weighted by molar-refractivity contribution is -0.145. The number of carbonyl (C=O) groups excluding carboxylic acids is 3. The summed E-state index contributed by atoms with van der Waals surface area (Å²) in [7, 11) is -0.366. The molecular formula is C20H27FN2O5S. The number of hydrogen-bond acceptors (Lipinski definition) is 5. The number of likely N-dealkylation sites (tertiary alicyclic amines) is 1. The molecule has 0 saturated carbocycles. The molecule has 0 spiro atoms. The molecule has 1 aliphatic heterocycles. The topological polar surface area (TPSA) is 92.8 Å². The number of carbonyl (C=O) groups is 3. The summed E-state index contributed by atoms with van der Waals surface area (Å²) in [4.78, 5) is 36.2. The van der Waals surface area contributed by atoms with Crippen molar-refractivity contribution in [3.8, 4) is 0 Å². The summed E-state index contributed by atoms with van der Waals surface area (Å²) in [6, 6.07) is 6.50. The van der Waals surface area contributed by atoms with E-state index in [1.54, 1.807) is 12.1 Å². The Morgan fingerprint density at radius 3 is 2.55 bits per heavy atom. The van der Waals surface area contributed by atoms with Crippen molar-refractivity contribution in [2.75, 3.05) is 26.0 Å². The van der Waals surface area contributed by atoms with Crippen molar-refractivity contribution < 1.29 is 27.7 Å². The van der Waals surface area contributed by atoms with E-state index >= 15 is 0 Å². The number of aryl methyl sites for hydroxylation is 1. The molecule has 160 valence electrons. The van der Waals surface area contributed by atoms with E-state index < -0.39 is 22.1 Å². The number of esters is 1. The summed E-state index contributed by atoms with van der Waals surface area (Å²) in [6.07, 6.45) is 4.75. The highest BCUT2D eigenvalue weighted by atomic mass is 32.2. The van der Waals surface area contributed by atoms with Crippen molar-refractivity contribution in [1.82, 2.24) is 10.2 Å². The van der Waals surface area contributed by atoms with E-state index in [2.05, 4.69) is 10.1 Å². The van der Waals surface area contributed by atoms with Gasteiger partial charge < -0.3 is 15.0 Å². The zero-order valence-corrected chi connectivity index (χ0v) is 17.3. The molecule has 0 aliphatic carbocycles. The largest absolute Gasteiger partial charge is 0.468 e. The Balaban J connectivity index is 1.57. The standard InChI is InChI=1S/C20H27FN2O5S/c1-28-20(26)14-29(27)19-12-18(25)23(19)13-17(24)22-11-5-3-2-4-6-15-7-9-16(21)10-8-15/h7-10,19H,2-6,11-14H2,1H3,(H,22,24). The SMILES string of the molecule is COC(=O)CS(=O)C1CC(=O)N1CC(=O)NCCCCCCc1ccc(F)cc1. The summed E-state index contributed by atoms with van der Waals surface area (Å²) in [5.41, 5.74) is 1.11. The lowest BCUT2D eigenvalue weighted by Gasteiger charge is -2.38. The number of nitrogens with one attached hydrogen (secondary N) is 1. The van der Waals surface area contributed by atoms with E-state index in [1.807, 2.05) is 0 Å². The Bertz CT molecular complexity index is 741. The summed E-state index contributed by atoms with van der Waals surface area (Å²) in [5.74, 6) is -1.67. The summed E-state index contributed by atoms with van der Waals surface area (Å²) < 4.78 is 29.4. The molecule has 2 atom stereocenters. The van der Waals surface area contributed by atoms with Gasteiger partial charge in [-0.2, -0.15) is 0 Å². The van der Waals surface area contributed by atoms with Crippen LogP contribution in [0.4, 0.5) is 4.39 Å². The first-order valence-electron chi connectivity index (χ1n) is 9.65. The minimum absolute atomic E-state index is 0.0743. The van der Waals surface area contributed by atoms with Gasteiger partial charge in [-0.25, -0.2) is 4.39 Å². The van der Waals surface area contributed by atoms with Gasteiger partial charge in [0.1, 0.15) is 23.5 Å². The molecular weight excluding hydrogens is 399 g/mol. The second-order valence-electron chi connectivity index (χ2n) is 6.92. The van der Waals surface area contributed by atoms with Crippen molar-refractivity contribution in [2.24, 2.45) is 0 Å². The third-order valence-electron chi connectivity index (χ3n) is 4.75. The molecule has 1 heterocycles. The Morgan fingerprint density at radius 1 is 1.21 bits per heavy atom. The maximum atomic E-state index is 12.8. The minimum atomic E-state index is -1.57. The molecule has 1 aliphatic rings. The predicted octanol–water partition coefficient (Wildman–Crippen LogP) is 1.52. The number of benzene rings is 1. The highest BCUT2D eigenvalue weighted by Crippen LogP contribution is 2.22. The lowest BCUT2D eigenvalue weighted by atomic mass is 10.1.